The van der Waals surface area contributed by atoms with Crippen LogP contribution in [-0.4, -0.2) is 21.5 Å². The average molecular weight is 164 g/mol. The fourth-order valence-electron chi connectivity index (χ4n) is 1.08. The van der Waals surface area contributed by atoms with Crippen LogP contribution in [0.3, 0.4) is 0 Å². The Kier molecular flexibility index (Phi) is 2.51. The molecule has 0 spiro atoms. The second kappa shape index (κ2) is 3.42. The fraction of sp³-hybridized carbons (Fsp3) is 0.444. The van der Waals surface area contributed by atoms with E-state index in [1.807, 2.05) is 20.9 Å². The summed E-state index contributed by atoms with van der Waals surface area (Å²) < 4.78 is 1.79. The maximum atomic E-state index is 8.52. The van der Waals surface area contributed by atoms with Crippen molar-refractivity contribution in [3.63, 3.8) is 0 Å². The van der Waals surface area contributed by atoms with Gasteiger partial charge in [-0.3, -0.25) is 4.68 Å². The van der Waals surface area contributed by atoms with Gasteiger partial charge in [-0.1, -0.05) is 11.8 Å². The lowest BCUT2D eigenvalue weighted by Crippen LogP contribution is -1.92. The third-order valence-corrected chi connectivity index (χ3v) is 1.80. The van der Waals surface area contributed by atoms with E-state index < -0.39 is 0 Å². The number of rotatable bonds is 0. The summed E-state index contributed by atoms with van der Waals surface area (Å²) in [6.07, 6.45) is 0. The Morgan fingerprint density at radius 2 is 2.17 bits per heavy atom. The van der Waals surface area contributed by atoms with E-state index >= 15 is 0 Å². The zero-order valence-corrected chi connectivity index (χ0v) is 7.55. The summed E-state index contributed by atoms with van der Waals surface area (Å²) in [5.74, 6) is 5.48. The smallest absolute Gasteiger partial charge is 0.104 e. The number of nitrogens with zero attached hydrogens (tertiary/aromatic N) is 2. The van der Waals surface area contributed by atoms with Crippen molar-refractivity contribution < 1.29 is 5.11 Å². The van der Waals surface area contributed by atoms with Gasteiger partial charge in [0.2, 0.25) is 0 Å². The predicted octanol–water partition coefficient (Wildman–Crippen LogP) is 0.381. The van der Waals surface area contributed by atoms with Gasteiger partial charge in [0.1, 0.15) is 6.61 Å². The Morgan fingerprint density at radius 3 is 2.58 bits per heavy atom. The van der Waals surface area contributed by atoms with Crippen LogP contribution >= 0.6 is 0 Å². The van der Waals surface area contributed by atoms with Crippen LogP contribution in [0.5, 0.6) is 0 Å². The zero-order valence-electron chi connectivity index (χ0n) is 7.55. The first-order valence-corrected chi connectivity index (χ1v) is 3.76. The minimum atomic E-state index is -0.103. The molecule has 1 aromatic rings. The van der Waals surface area contributed by atoms with E-state index in [4.69, 9.17) is 5.11 Å². The SMILES string of the molecule is Cc1nn(C)c(C)c1C#CCO. The summed E-state index contributed by atoms with van der Waals surface area (Å²) >= 11 is 0. The molecule has 3 nitrogen and oxygen atoms in total. The van der Waals surface area contributed by atoms with Crippen LogP contribution in [-0.2, 0) is 7.05 Å². The van der Waals surface area contributed by atoms with E-state index in [0.717, 1.165) is 17.0 Å². The lowest BCUT2D eigenvalue weighted by atomic mass is 10.2. The molecule has 12 heavy (non-hydrogen) atoms. The molecule has 1 rings (SSSR count). The number of aliphatic hydroxyl groups excluding tert-OH is 1. The molecule has 0 atom stereocenters. The Labute approximate surface area is 72.0 Å². The largest absolute Gasteiger partial charge is 0.384 e. The Morgan fingerprint density at radius 1 is 1.50 bits per heavy atom. The molecule has 0 bridgehead atoms. The normalized spacial score (nSPS) is 9.33. The van der Waals surface area contributed by atoms with Crippen molar-refractivity contribution in [3.05, 3.63) is 17.0 Å². The number of aliphatic hydroxyl groups is 1. The molecule has 0 aliphatic rings. The molecule has 1 aromatic heterocycles. The highest BCUT2D eigenvalue weighted by molar-refractivity contribution is 5.41. The van der Waals surface area contributed by atoms with Crippen molar-refractivity contribution in [2.45, 2.75) is 13.8 Å². The number of hydrogen-bond donors (Lipinski definition) is 1. The van der Waals surface area contributed by atoms with Gasteiger partial charge in [-0.05, 0) is 13.8 Å². The van der Waals surface area contributed by atoms with Crippen molar-refractivity contribution >= 4 is 0 Å². The molecule has 64 valence electrons. The highest BCUT2D eigenvalue weighted by Gasteiger charge is 2.05. The first kappa shape index (κ1) is 8.82. The summed E-state index contributed by atoms with van der Waals surface area (Å²) in [4.78, 5) is 0. The highest BCUT2D eigenvalue weighted by atomic mass is 16.2. The number of hydrogen-bond acceptors (Lipinski definition) is 2. The lowest BCUT2D eigenvalue weighted by molar-refractivity contribution is 0.350. The van der Waals surface area contributed by atoms with E-state index in [0.29, 0.717) is 0 Å². The third-order valence-electron chi connectivity index (χ3n) is 1.80. The standard InChI is InChI=1S/C9H12N2O/c1-7-9(5-4-6-12)8(2)11(3)10-7/h12H,6H2,1-3H3. The lowest BCUT2D eigenvalue weighted by Gasteiger charge is -1.91. The van der Waals surface area contributed by atoms with E-state index in [2.05, 4.69) is 16.9 Å². The molecule has 0 radical (unpaired) electrons. The molecule has 0 aromatic carbocycles. The molecule has 0 aliphatic heterocycles. The second-order valence-electron chi connectivity index (χ2n) is 2.63. The molecule has 0 amide bonds. The molecule has 1 N–H and O–H groups in total. The Balaban J connectivity index is 3.14. The highest BCUT2D eigenvalue weighted by Crippen LogP contribution is 2.09. The number of aromatic nitrogens is 2. The predicted molar refractivity (Wildman–Crippen MR) is 46.6 cm³/mol. The maximum absolute atomic E-state index is 8.52. The van der Waals surface area contributed by atoms with Gasteiger partial charge in [-0.2, -0.15) is 5.10 Å². The first-order chi connectivity index (χ1) is 5.66. The molecular formula is C9H12N2O. The van der Waals surface area contributed by atoms with Crippen molar-refractivity contribution in [2.75, 3.05) is 6.61 Å². The van der Waals surface area contributed by atoms with Gasteiger partial charge < -0.3 is 5.11 Å². The summed E-state index contributed by atoms with van der Waals surface area (Å²) in [6.45, 7) is 3.77. The van der Waals surface area contributed by atoms with Crippen molar-refractivity contribution in [2.24, 2.45) is 7.05 Å². The molecule has 0 fully saturated rings. The van der Waals surface area contributed by atoms with Crippen LogP contribution in [0.15, 0.2) is 0 Å². The Hall–Kier alpha value is -1.27. The fourth-order valence-corrected chi connectivity index (χ4v) is 1.08. The zero-order chi connectivity index (χ0) is 9.14. The summed E-state index contributed by atoms with van der Waals surface area (Å²) in [7, 11) is 1.88. The number of aryl methyl sites for hydroxylation is 2. The molecule has 3 heteroatoms. The molecule has 0 unspecified atom stereocenters. The van der Waals surface area contributed by atoms with Crippen LogP contribution in [0, 0.1) is 25.7 Å². The van der Waals surface area contributed by atoms with Crippen LogP contribution in [0.25, 0.3) is 0 Å². The maximum Gasteiger partial charge on any atom is 0.104 e. The van der Waals surface area contributed by atoms with E-state index in [1.54, 1.807) is 4.68 Å². The topological polar surface area (TPSA) is 38.0 Å². The summed E-state index contributed by atoms with van der Waals surface area (Å²) in [5, 5.41) is 12.7. The van der Waals surface area contributed by atoms with Gasteiger partial charge in [-0.15, -0.1) is 0 Å². The minimum Gasteiger partial charge on any atom is -0.384 e. The molecule has 0 saturated heterocycles. The van der Waals surface area contributed by atoms with Gasteiger partial charge in [0, 0.05) is 7.05 Å². The monoisotopic (exact) mass is 164 g/mol. The molecule has 1 heterocycles. The van der Waals surface area contributed by atoms with Gasteiger partial charge in [-0.25, -0.2) is 0 Å². The van der Waals surface area contributed by atoms with Crippen LogP contribution in [0.1, 0.15) is 17.0 Å². The van der Waals surface area contributed by atoms with Crippen LogP contribution in [0.2, 0.25) is 0 Å². The van der Waals surface area contributed by atoms with E-state index in [9.17, 15) is 0 Å². The van der Waals surface area contributed by atoms with Gasteiger partial charge >= 0.3 is 0 Å². The quantitative estimate of drug-likeness (QED) is 0.563. The van der Waals surface area contributed by atoms with E-state index in [1.165, 1.54) is 0 Å². The average Bonchev–Trinajstić information content (AvgIpc) is 2.25. The minimum absolute atomic E-state index is 0.103. The first-order valence-electron chi connectivity index (χ1n) is 3.76. The second-order valence-corrected chi connectivity index (χ2v) is 2.63. The van der Waals surface area contributed by atoms with Crippen molar-refractivity contribution in [3.8, 4) is 11.8 Å². The third kappa shape index (κ3) is 1.49. The van der Waals surface area contributed by atoms with Crippen LogP contribution in [0.4, 0.5) is 0 Å². The van der Waals surface area contributed by atoms with Gasteiger partial charge in [0.15, 0.2) is 0 Å². The van der Waals surface area contributed by atoms with Gasteiger partial charge in [0.05, 0.1) is 17.0 Å². The molecule has 0 saturated carbocycles. The van der Waals surface area contributed by atoms with Gasteiger partial charge in [0.25, 0.3) is 0 Å². The van der Waals surface area contributed by atoms with E-state index in [-0.39, 0.29) is 6.61 Å². The molecule has 0 aliphatic carbocycles. The summed E-state index contributed by atoms with van der Waals surface area (Å²) in [5.41, 5.74) is 2.87. The summed E-state index contributed by atoms with van der Waals surface area (Å²) in [6, 6.07) is 0. The van der Waals surface area contributed by atoms with Crippen molar-refractivity contribution in [1.29, 1.82) is 0 Å². The van der Waals surface area contributed by atoms with Crippen LogP contribution < -0.4 is 0 Å². The molecular weight excluding hydrogens is 152 g/mol. The Bertz CT molecular complexity index is 341. The van der Waals surface area contributed by atoms with Crippen molar-refractivity contribution in [1.82, 2.24) is 9.78 Å².